The number of carbonyl (C=O) groups is 1. The molecule has 0 aliphatic carbocycles. The lowest BCUT2D eigenvalue weighted by atomic mass is 10.1. The number of hydrogen-bond donors (Lipinski definition) is 2. The topological polar surface area (TPSA) is 76.1 Å². The lowest BCUT2D eigenvalue weighted by Crippen LogP contribution is -2.17. The minimum atomic E-state index is -0.296. The van der Waals surface area contributed by atoms with E-state index in [0.29, 0.717) is 22.8 Å². The van der Waals surface area contributed by atoms with Crippen LogP contribution in [0.2, 0.25) is 0 Å². The van der Waals surface area contributed by atoms with Gasteiger partial charge in [0.15, 0.2) is 0 Å². The molecular formula is C23H21N3O3. The van der Waals surface area contributed by atoms with E-state index in [9.17, 15) is 9.59 Å². The summed E-state index contributed by atoms with van der Waals surface area (Å²) >= 11 is 0. The summed E-state index contributed by atoms with van der Waals surface area (Å²) in [6.45, 7) is 2.08. The Hall–Kier alpha value is -3.80. The largest absolute Gasteiger partial charge is 0.497 e. The third-order valence-electron chi connectivity index (χ3n) is 4.85. The van der Waals surface area contributed by atoms with Crippen molar-refractivity contribution in [1.82, 2.24) is 9.55 Å². The van der Waals surface area contributed by atoms with Crippen molar-refractivity contribution in [2.45, 2.75) is 13.3 Å². The summed E-state index contributed by atoms with van der Waals surface area (Å²) < 4.78 is 6.77. The molecule has 0 aliphatic heterocycles. The van der Waals surface area contributed by atoms with Crippen LogP contribution in [0.5, 0.6) is 5.75 Å². The van der Waals surface area contributed by atoms with E-state index in [1.807, 2.05) is 24.3 Å². The highest BCUT2D eigenvalue weighted by Gasteiger charge is 2.14. The second kappa shape index (κ2) is 7.67. The number of carbonyl (C=O) groups excluding carboxylic acids is 1. The van der Waals surface area contributed by atoms with Crippen molar-refractivity contribution < 1.29 is 9.53 Å². The van der Waals surface area contributed by atoms with Gasteiger partial charge in [0.05, 0.1) is 12.8 Å². The van der Waals surface area contributed by atoms with Crippen molar-refractivity contribution >= 4 is 22.6 Å². The van der Waals surface area contributed by atoms with Crippen LogP contribution >= 0.6 is 0 Å². The van der Waals surface area contributed by atoms with Gasteiger partial charge in [-0.15, -0.1) is 0 Å². The molecule has 0 unspecified atom stereocenters. The molecule has 0 spiro atoms. The molecule has 1 amide bonds. The molecule has 4 rings (SSSR count). The standard InChI is InChI=1S/C23H21N3O3/c1-3-15-7-10-18(11-8-15)26-21(27)12-9-16-13-20(25-22(16)26)23(28)24-17-5-4-6-19(14-17)29-2/h4-14,25H,3H2,1-2H3,(H,24,28). The fraction of sp³-hybridized carbons (Fsp3) is 0.130. The van der Waals surface area contributed by atoms with Gasteiger partial charge in [-0.3, -0.25) is 14.2 Å². The zero-order valence-corrected chi connectivity index (χ0v) is 16.2. The number of rotatable bonds is 5. The lowest BCUT2D eigenvalue weighted by Gasteiger charge is -2.08. The SMILES string of the molecule is CCc1ccc(-n2c(=O)ccc3cc(C(=O)Nc4cccc(OC)c4)[nH]c32)cc1. The molecule has 29 heavy (non-hydrogen) atoms. The van der Waals surface area contributed by atoms with Crippen LogP contribution in [0.25, 0.3) is 16.7 Å². The molecule has 0 saturated heterocycles. The van der Waals surface area contributed by atoms with Gasteiger partial charge in [0, 0.05) is 23.2 Å². The quantitative estimate of drug-likeness (QED) is 0.540. The molecule has 0 atom stereocenters. The molecule has 0 radical (unpaired) electrons. The number of anilines is 1. The lowest BCUT2D eigenvalue weighted by molar-refractivity contribution is 0.102. The van der Waals surface area contributed by atoms with Crippen molar-refractivity contribution in [2.75, 3.05) is 12.4 Å². The number of amides is 1. The summed E-state index contributed by atoms with van der Waals surface area (Å²) in [7, 11) is 1.57. The van der Waals surface area contributed by atoms with Crippen LogP contribution in [0.3, 0.4) is 0 Å². The smallest absolute Gasteiger partial charge is 0.272 e. The Labute approximate surface area is 167 Å². The van der Waals surface area contributed by atoms with E-state index in [1.54, 1.807) is 48.1 Å². The van der Waals surface area contributed by atoms with Crippen molar-refractivity contribution in [3.63, 3.8) is 0 Å². The Balaban J connectivity index is 1.72. The number of pyridine rings is 1. The van der Waals surface area contributed by atoms with E-state index < -0.39 is 0 Å². The van der Waals surface area contributed by atoms with E-state index in [2.05, 4.69) is 17.2 Å². The molecule has 0 aliphatic rings. The Kier molecular flexibility index (Phi) is 4.91. The van der Waals surface area contributed by atoms with Gasteiger partial charge in [0.2, 0.25) is 0 Å². The average molecular weight is 387 g/mol. The van der Waals surface area contributed by atoms with Gasteiger partial charge < -0.3 is 15.0 Å². The van der Waals surface area contributed by atoms with E-state index in [1.165, 1.54) is 11.6 Å². The van der Waals surface area contributed by atoms with E-state index in [4.69, 9.17) is 4.74 Å². The zero-order chi connectivity index (χ0) is 20.4. The van der Waals surface area contributed by atoms with Gasteiger partial charge in [0.1, 0.15) is 17.1 Å². The number of aromatic amines is 1. The highest BCUT2D eigenvalue weighted by atomic mass is 16.5. The normalized spacial score (nSPS) is 10.8. The molecule has 2 heterocycles. The van der Waals surface area contributed by atoms with Crippen molar-refractivity contribution in [3.05, 3.63) is 88.3 Å². The molecule has 0 fully saturated rings. The maximum atomic E-state index is 12.7. The molecule has 146 valence electrons. The Morgan fingerprint density at radius 2 is 1.86 bits per heavy atom. The Morgan fingerprint density at radius 1 is 1.07 bits per heavy atom. The molecule has 0 bridgehead atoms. The number of nitrogens with zero attached hydrogens (tertiary/aromatic N) is 1. The van der Waals surface area contributed by atoms with Crippen LogP contribution in [0.1, 0.15) is 23.0 Å². The summed E-state index contributed by atoms with van der Waals surface area (Å²) in [4.78, 5) is 28.4. The minimum absolute atomic E-state index is 0.164. The van der Waals surface area contributed by atoms with Crippen LogP contribution in [-0.4, -0.2) is 22.6 Å². The number of nitrogens with one attached hydrogen (secondary N) is 2. The van der Waals surface area contributed by atoms with Crippen LogP contribution in [0.4, 0.5) is 5.69 Å². The molecular weight excluding hydrogens is 366 g/mol. The summed E-state index contributed by atoms with van der Waals surface area (Å²) in [6, 6.07) is 19.9. The number of fused-ring (bicyclic) bond motifs is 1. The van der Waals surface area contributed by atoms with E-state index in [-0.39, 0.29) is 11.5 Å². The third kappa shape index (κ3) is 3.65. The summed E-state index contributed by atoms with van der Waals surface area (Å²) in [5, 5.41) is 3.62. The molecule has 6 heteroatoms. The first-order valence-electron chi connectivity index (χ1n) is 9.38. The highest BCUT2D eigenvalue weighted by molar-refractivity contribution is 6.05. The zero-order valence-electron chi connectivity index (χ0n) is 16.2. The summed E-state index contributed by atoms with van der Waals surface area (Å²) in [6.07, 6.45) is 0.927. The van der Waals surface area contributed by atoms with Gasteiger partial charge >= 0.3 is 0 Å². The minimum Gasteiger partial charge on any atom is -0.497 e. The van der Waals surface area contributed by atoms with Gasteiger partial charge in [-0.05, 0) is 48.4 Å². The number of aromatic nitrogens is 2. The number of H-pyrrole nitrogens is 1. The van der Waals surface area contributed by atoms with Gasteiger partial charge in [-0.25, -0.2) is 0 Å². The molecule has 2 aromatic carbocycles. The van der Waals surface area contributed by atoms with E-state index >= 15 is 0 Å². The predicted octanol–water partition coefficient (Wildman–Crippen LogP) is 4.14. The predicted molar refractivity (Wildman–Crippen MR) is 114 cm³/mol. The van der Waals surface area contributed by atoms with Crippen molar-refractivity contribution in [2.24, 2.45) is 0 Å². The van der Waals surface area contributed by atoms with Crippen LogP contribution in [-0.2, 0) is 6.42 Å². The maximum Gasteiger partial charge on any atom is 0.272 e. The van der Waals surface area contributed by atoms with Crippen molar-refractivity contribution in [3.8, 4) is 11.4 Å². The van der Waals surface area contributed by atoms with Gasteiger partial charge in [-0.1, -0.05) is 25.1 Å². The average Bonchev–Trinajstić information content (AvgIpc) is 3.18. The molecule has 6 nitrogen and oxygen atoms in total. The summed E-state index contributed by atoms with van der Waals surface area (Å²) in [5.74, 6) is 0.360. The number of aryl methyl sites for hydroxylation is 1. The molecule has 2 aromatic heterocycles. The Bertz CT molecular complexity index is 1240. The van der Waals surface area contributed by atoms with Crippen LogP contribution in [0.15, 0.2) is 71.5 Å². The number of ether oxygens (including phenoxy) is 1. The molecule has 4 aromatic rings. The highest BCUT2D eigenvalue weighted by Crippen LogP contribution is 2.20. The van der Waals surface area contributed by atoms with E-state index in [0.717, 1.165) is 17.5 Å². The Morgan fingerprint density at radius 3 is 2.59 bits per heavy atom. The first kappa shape index (κ1) is 18.6. The van der Waals surface area contributed by atoms with Gasteiger partial charge in [0.25, 0.3) is 11.5 Å². The molecule has 2 N–H and O–H groups in total. The fourth-order valence-corrected chi connectivity index (χ4v) is 3.28. The summed E-state index contributed by atoms with van der Waals surface area (Å²) in [5.41, 5.74) is 3.35. The van der Waals surface area contributed by atoms with Gasteiger partial charge in [-0.2, -0.15) is 0 Å². The first-order valence-corrected chi connectivity index (χ1v) is 9.38. The number of methoxy groups -OCH3 is 1. The number of benzene rings is 2. The van der Waals surface area contributed by atoms with Crippen LogP contribution in [0, 0.1) is 0 Å². The first-order chi connectivity index (χ1) is 14.1. The van der Waals surface area contributed by atoms with Crippen molar-refractivity contribution in [1.29, 1.82) is 0 Å². The number of hydrogen-bond acceptors (Lipinski definition) is 3. The second-order valence-corrected chi connectivity index (χ2v) is 6.70. The van der Waals surface area contributed by atoms with Crippen LogP contribution < -0.4 is 15.6 Å². The second-order valence-electron chi connectivity index (χ2n) is 6.70. The third-order valence-corrected chi connectivity index (χ3v) is 4.85. The maximum absolute atomic E-state index is 12.7. The fourth-order valence-electron chi connectivity index (χ4n) is 3.28. The monoisotopic (exact) mass is 387 g/mol. The molecule has 0 saturated carbocycles.